The van der Waals surface area contributed by atoms with Crippen LogP contribution in [-0.4, -0.2) is 43.9 Å². The van der Waals surface area contributed by atoms with Crippen molar-refractivity contribution in [1.29, 1.82) is 0 Å². The maximum absolute atomic E-state index is 11.0. The average Bonchev–Trinajstić information content (AvgIpc) is 2.37. The van der Waals surface area contributed by atoms with E-state index in [2.05, 4.69) is 21.8 Å². The van der Waals surface area contributed by atoms with Gasteiger partial charge in [-0.3, -0.25) is 4.79 Å². The molecule has 0 spiro atoms. The number of rotatable bonds is 7. The van der Waals surface area contributed by atoms with E-state index in [1.54, 1.807) is 0 Å². The quantitative estimate of drug-likeness (QED) is 0.551. The molecule has 17 heavy (non-hydrogen) atoms. The zero-order valence-corrected chi connectivity index (χ0v) is 11.2. The molecule has 0 radical (unpaired) electrons. The van der Waals surface area contributed by atoms with Crippen molar-refractivity contribution in [2.75, 3.05) is 33.0 Å². The summed E-state index contributed by atoms with van der Waals surface area (Å²) in [5.41, 5.74) is 0. The van der Waals surface area contributed by atoms with Crippen LogP contribution in [0.2, 0.25) is 0 Å². The summed E-state index contributed by atoms with van der Waals surface area (Å²) in [4.78, 5) is 14.4. The Morgan fingerprint density at radius 2 is 2.00 bits per heavy atom. The monoisotopic (exact) mass is 253 g/mol. The Morgan fingerprint density at radius 1 is 1.29 bits per heavy atom. The van der Waals surface area contributed by atoms with Gasteiger partial charge in [0.2, 0.25) is 0 Å². The zero-order valence-electron chi connectivity index (χ0n) is 10.4. The Bertz CT molecular complexity index is 329. The SMILES string of the molecule is COC(=O)CCN(C)CCSc1ccccc1. The van der Waals surface area contributed by atoms with Gasteiger partial charge in [0, 0.05) is 23.7 Å². The molecule has 0 saturated heterocycles. The molecule has 0 aliphatic heterocycles. The highest BCUT2D eigenvalue weighted by atomic mass is 32.2. The standard InChI is InChI=1S/C13H19NO2S/c1-14(9-8-13(15)16-2)10-11-17-12-6-4-3-5-7-12/h3-7H,8-11H2,1-2H3. The zero-order chi connectivity index (χ0) is 12.5. The lowest BCUT2D eigenvalue weighted by atomic mass is 10.4. The Labute approximate surface area is 107 Å². The Kier molecular flexibility index (Phi) is 6.74. The minimum Gasteiger partial charge on any atom is -0.469 e. The second-order valence-electron chi connectivity index (χ2n) is 3.79. The summed E-state index contributed by atoms with van der Waals surface area (Å²) in [5.74, 6) is 0.884. The van der Waals surface area contributed by atoms with Gasteiger partial charge in [-0.15, -0.1) is 11.8 Å². The molecule has 0 aliphatic carbocycles. The number of hydrogen-bond acceptors (Lipinski definition) is 4. The molecule has 1 aromatic rings. The van der Waals surface area contributed by atoms with Crippen molar-refractivity contribution in [3.05, 3.63) is 30.3 Å². The molecule has 0 bridgehead atoms. The lowest BCUT2D eigenvalue weighted by Gasteiger charge is -2.15. The predicted octanol–water partition coefficient (Wildman–Crippen LogP) is 2.27. The molecule has 0 N–H and O–H groups in total. The molecule has 0 unspecified atom stereocenters. The topological polar surface area (TPSA) is 29.5 Å². The minimum atomic E-state index is -0.146. The summed E-state index contributed by atoms with van der Waals surface area (Å²) in [6.45, 7) is 1.72. The van der Waals surface area contributed by atoms with Crippen LogP contribution < -0.4 is 0 Å². The largest absolute Gasteiger partial charge is 0.469 e. The van der Waals surface area contributed by atoms with Gasteiger partial charge in [0.15, 0.2) is 0 Å². The van der Waals surface area contributed by atoms with E-state index < -0.39 is 0 Å². The predicted molar refractivity (Wildman–Crippen MR) is 71.3 cm³/mol. The molecular weight excluding hydrogens is 234 g/mol. The van der Waals surface area contributed by atoms with Crippen LogP contribution in [0.3, 0.4) is 0 Å². The maximum atomic E-state index is 11.0. The van der Waals surface area contributed by atoms with E-state index in [1.807, 2.05) is 37.0 Å². The van der Waals surface area contributed by atoms with Crippen molar-refractivity contribution in [2.45, 2.75) is 11.3 Å². The highest BCUT2D eigenvalue weighted by Gasteiger charge is 2.03. The number of nitrogens with zero attached hydrogens (tertiary/aromatic N) is 1. The number of carbonyl (C=O) groups excluding carboxylic acids is 1. The van der Waals surface area contributed by atoms with Gasteiger partial charge in [-0.05, 0) is 19.2 Å². The summed E-state index contributed by atoms with van der Waals surface area (Å²) in [6.07, 6.45) is 0.461. The highest BCUT2D eigenvalue weighted by molar-refractivity contribution is 7.99. The van der Waals surface area contributed by atoms with E-state index >= 15 is 0 Å². The van der Waals surface area contributed by atoms with E-state index in [4.69, 9.17) is 0 Å². The number of benzene rings is 1. The highest BCUT2D eigenvalue weighted by Crippen LogP contribution is 2.16. The maximum Gasteiger partial charge on any atom is 0.306 e. The van der Waals surface area contributed by atoms with Crippen LogP contribution in [-0.2, 0) is 9.53 Å². The molecule has 0 saturated carbocycles. The first-order valence-electron chi connectivity index (χ1n) is 5.65. The van der Waals surface area contributed by atoms with Crippen molar-refractivity contribution in [1.82, 2.24) is 4.90 Å². The molecule has 3 nitrogen and oxygen atoms in total. The first kappa shape index (κ1) is 14.1. The van der Waals surface area contributed by atoms with Crippen LogP contribution in [0.1, 0.15) is 6.42 Å². The fourth-order valence-corrected chi connectivity index (χ4v) is 2.32. The number of ether oxygens (including phenoxy) is 1. The summed E-state index contributed by atoms with van der Waals surface area (Å²) in [5, 5.41) is 0. The van der Waals surface area contributed by atoms with Crippen LogP contribution in [0.5, 0.6) is 0 Å². The lowest BCUT2D eigenvalue weighted by Crippen LogP contribution is -2.24. The van der Waals surface area contributed by atoms with Gasteiger partial charge in [0.05, 0.1) is 13.5 Å². The fraction of sp³-hybridized carbons (Fsp3) is 0.462. The van der Waals surface area contributed by atoms with Crippen molar-refractivity contribution in [3.8, 4) is 0 Å². The van der Waals surface area contributed by atoms with Gasteiger partial charge in [0.25, 0.3) is 0 Å². The molecule has 1 aromatic carbocycles. The van der Waals surface area contributed by atoms with Crippen LogP contribution in [0.4, 0.5) is 0 Å². The third kappa shape index (κ3) is 6.34. The number of carbonyl (C=O) groups is 1. The van der Waals surface area contributed by atoms with Gasteiger partial charge in [-0.1, -0.05) is 18.2 Å². The first-order valence-corrected chi connectivity index (χ1v) is 6.64. The molecule has 4 heteroatoms. The molecule has 1 rings (SSSR count). The number of thioether (sulfide) groups is 1. The average molecular weight is 253 g/mol. The Hall–Kier alpha value is -1.00. The molecule has 0 atom stereocenters. The van der Waals surface area contributed by atoms with Crippen LogP contribution in [0.15, 0.2) is 35.2 Å². The molecule has 0 aromatic heterocycles. The van der Waals surface area contributed by atoms with Gasteiger partial charge >= 0.3 is 5.97 Å². The van der Waals surface area contributed by atoms with Gasteiger partial charge in [-0.2, -0.15) is 0 Å². The number of methoxy groups -OCH3 is 1. The molecule has 0 fully saturated rings. The Balaban J connectivity index is 2.12. The lowest BCUT2D eigenvalue weighted by molar-refractivity contribution is -0.140. The molecular formula is C13H19NO2S. The third-order valence-electron chi connectivity index (χ3n) is 2.41. The van der Waals surface area contributed by atoms with E-state index in [1.165, 1.54) is 12.0 Å². The molecule has 0 amide bonds. The molecule has 94 valence electrons. The minimum absolute atomic E-state index is 0.146. The Morgan fingerprint density at radius 3 is 2.65 bits per heavy atom. The second kappa shape index (κ2) is 8.14. The van der Waals surface area contributed by atoms with Gasteiger partial charge < -0.3 is 9.64 Å². The van der Waals surface area contributed by atoms with Gasteiger partial charge in [-0.25, -0.2) is 0 Å². The first-order chi connectivity index (χ1) is 8.22. The van der Waals surface area contributed by atoms with E-state index in [0.29, 0.717) is 6.42 Å². The van der Waals surface area contributed by atoms with Crippen LogP contribution >= 0.6 is 11.8 Å². The van der Waals surface area contributed by atoms with Crippen molar-refractivity contribution >= 4 is 17.7 Å². The van der Waals surface area contributed by atoms with E-state index in [0.717, 1.165) is 18.8 Å². The summed E-state index contributed by atoms with van der Waals surface area (Å²) in [7, 11) is 3.45. The molecule has 0 aliphatic rings. The summed E-state index contributed by atoms with van der Waals surface area (Å²) in [6, 6.07) is 10.3. The van der Waals surface area contributed by atoms with E-state index in [-0.39, 0.29) is 5.97 Å². The molecule has 0 heterocycles. The summed E-state index contributed by atoms with van der Waals surface area (Å²) < 4.78 is 4.60. The van der Waals surface area contributed by atoms with Crippen LogP contribution in [0, 0.1) is 0 Å². The van der Waals surface area contributed by atoms with Crippen molar-refractivity contribution in [3.63, 3.8) is 0 Å². The number of esters is 1. The second-order valence-corrected chi connectivity index (χ2v) is 4.96. The fourth-order valence-electron chi connectivity index (χ4n) is 1.33. The normalized spacial score (nSPS) is 10.5. The number of hydrogen-bond donors (Lipinski definition) is 0. The van der Waals surface area contributed by atoms with E-state index in [9.17, 15) is 4.79 Å². The smallest absolute Gasteiger partial charge is 0.306 e. The van der Waals surface area contributed by atoms with Crippen LogP contribution in [0.25, 0.3) is 0 Å². The third-order valence-corrected chi connectivity index (χ3v) is 3.40. The summed E-state index contributed by atoms with van der Waals surface area (Å²) >= 11 is 1.83. The van der Waals surface area contributed by atoms with Gasteiger partial charge in [0.1, 0.15) is 0 Å². The van der Waals surface area contributed by atoms with Crippen molar-refractivity contribution < 1.29 is 9.53 Å². The van der Waals surface area contributed by atoms with Crippen molar-refractivity contribution in [2.24, 2.45) is 0 Å².